The number of thiocarbonyl (C=S) groups is 1. The monoisotopic (exact) mass is 594 g/mol. The van der Waals surface area contributed by atoms with Gasteiger partial charge in [0.15, 0.2) is 18.1 Å². The summed E-state index contributed by atoms with van der Waals surface area (Å²) in [5.74, 6) is -1.01. The number of carbonyl (C=O) groups is 2. The fourth-order valence-electron chi connectivity index (χ4n) is 3.99. The molecule has 4 rings (SSSR count). The summed E-state index contributed by atoms with van der Waals surface area (Å²) >= 11 is 11.5. The summed E-state index contributed by atoms with van der Waals surface area (Å²) in [7, 11) is 1.57. The number of aryl methyl sites for hydroxylation is 2. The van der Waals surface area contributed by atoms with E-state index >= 15 is 0 Å². The number of halogens is 1. The SMILES string of the molecule is CN/C(=C/c1ccc(-c2ccc(C)c(Cl)c2)o1)C(=O)N(C=S)C(Cc1ccccc1)C(=O)OCc1oc(=O)oc1C. The van der Waals surface area contributed by atoms with E-state index in [1.165, 1.54) is 13.0 Å². The quantitative estimate of drug-likeness (QED) is 0.137. The number of nitrogens with one attached hydrogen (secondary N) is 1. The number of carbonyl (C=O) groups excluding carboxylic acids is 2. The van der Waals surface area contributed by atoms with Crippen LogP contribution < -0.4 is 11.1 Å². The number of nitrogens with zero attached hydrogens (tertiary/aromatic N) is 1. The van der Waals surface area contributed by atoms with E-state index < -0.39 is 23.7 Å². The molecule has 11 heteroatoms. The number of ether oxygens (including phenoxy) is 1. The largest absolute Gasteiger partial charge is 0.519 e. The molecule has 0 aliphatic rings. The highest BCUT2D eigenvalue weighted by atomic mass is 35.5. The minimum atomic E-state index is -1.13. The van der Waals surface area contributed by atoms with Crippen LogP contribution in [-0.2, 0) is 27.4 Å². The van der Waals surface area contributed by atoms with Crippen LogP contribution in [0.3, 0.4) is 0 Å². The zero-order valence-corrected chi connectivity index (χ0v) is 24.1. The number of rotatable bonds is 11. The maximum absolute atomic E-state index is 13.7. The first-order chi connectivity index (χ1) is 19.7. The van der Waals surface area contributed by atoms with Crippen LogP contribution in [0.25, 0.3) is 17.4 Å². The summed E-state index contributed by atoms with van der Waals surface area (Å²) in [6.07, 6.45) is 1.63. The highest BCUT2D eigenvalue weighted by molar-refractivity contribution is 7.78. The molecular weight excluding hydrogens is 568 g/mol. The third-order valence-electron chi connectivity index (χ3n) is 6.28. The van der Waals surface area contributed by atoms with Gasteiger partial charge in [0.1, 0.15) is 23.3 Å². The highest BCUT2D eigenvalue weighted by Gasteiger charge is 2.32. The molecule has 1 N–H and O–H groups in total. The Bertz CT molecular complexity index is 1640. The molecule has 1 atom stereocenters. The number of amides is 1. The van der Waals surface area contributed by atoms with Crippen molar-refractivity contribution in [3.63, 3.8) is 0 Å². The number of hydrogen-bond donors (Lipinski definition) is 1. The molecule has 0 aliphatic heterocycles. The van der Waals surface area contributed by atoms with Crippen molar-refractivity contribution < 1.29 is 27.6 Å². The number of likely N-dealkylation sites (N-methyl/N-ethyl adjacent to an activating group) is 1. The zero-order valence-electron chi connectivity index (χ0n) is 22.5. The Morgan fingerprint density at radius 3 is 2.46 bits per heavy atom. The fourth-order valence-corrected chi connectivity index (χ4v) is 4.41. The molecular formula is C30H27ClN2O7S. The van der Waals surface area contributed by atoms with E-state index in [0.717, 1.165) is 27.1 Å². The Morgan fingerprint density at radius 2 is 1.83 bits per heavy atom. The summed E-state index contributed by atoms with van der Waals surface area (Å²) in [4.78, 5) is 39.5. The lowest BCUT2D eigenvalue weighted by Crippen LogP contribution is -2.47. The number of furan rings is 1. The predicted molar refractivity (Wildman–Crippen MR) is 157 cm³/mol. The van der Waals surface area contributed by atoms with Crippen LogP contribution >= 0.6 is 23.8 Å². The van der Waals surface area contributed by atoms with Crippen molar-refractivity contribution in [3.05, 3.63) is 110 Å². The molecule has 212 valence electrons. The third kappa shape index (κ3) is 7.22. The Kier molecular flexibility index (Phi) is 9.59. The van der Waals surface area contributed by atoms with Crippen LogP contribution in [0.2, 0.25) is 5.02 Å². The Labute approximate surface area is 246 Å². The molecule has 2 aromatic carbocycles. The topological polar surface area (TPSA) is 115 Å². The van der Waals surface area contributed by atoms with Gasteiger partial charge >= 0.3 is 11.8 Å². The van der Waals surface area contributed by atoms with Crippen molar-refractivity contribution in [1.29, 1.82) is 0 Å². The second-order valence-electron chi connectivity index (χ2n) is 9.04. The van der Waals surface area contributed by atoms with Crippen molar-refractivity contribution >= 4 is 47.3 Å². The van der Waals surface area contributed by atoms with Crippen LogP contribution in [0.4, 0.5) is 0 Å². The van der Waals surface area contributed by atoms with E-state index in [1.807, 2.05) is 49.4 Å². The molecule has 0 bridgehead atoms. The van der Waals surface area contributed by atoms with Crippen LogP contribution in [0.15, 0.2) is 84.4 Å². The summed E-state index contributed by atoms with van der Waals surface area (Å²) < 4.78 is 21.1. The minimum absolute atomic E-state index is 0.0707. The Balaban J connectivity index is 1.60. The van der Waals surface area contributed by atoms with Crippen LogP contribution in [0.5, 0.6) is 0 Å². The molecule has 41 heavy (non-hydrogen) atoms. The molecule has 0 saturated carbocycles. The lowest BCUT2D eigenvalue weighted by Gasteiger charge is -2.27. The first kappa shape index (κ1) is 29.6. The van der Waals surface area contributed by atoms with E-state index in [2.05, 4.69) is 5.32 Å². The Hall–Kier alpha value is -4.41. The number of benzene rings is 2. The molecule has 9 nitrogen and oxygen atoms in total. The first-order valence-corrected chi connectivity index (χ1v) is 13.4. The van der Waals surface area contributed by atoms with Gasteiger partial charge in [-0.2, -0.15) is 0 Å². The molecule has 4 aromatic rings. The van der Waals surface area contributed by atoms with E-state index in [0.29, 0.717) is 16.5 Å². The smallest absolute Gasteiger partial charge is 0.457 e. The van der Waals surface area contributed by atoms with Crippen LogP contribution in [0, 0.1) is 13.8 Å². The third-order valence-corrected chi connectivity index (χ3v) is 6.91. The average Bonchev–Trinajstić information content (AvgIpc) is 3.57. The number of hydrogen-bond acceptors (Lipinski definition) is 9. The van der Waals surface area contributed by atoms with Crippen molar-refractivity contribution in [3.8, 4) is 11.3 Å². The molecule has 1 unspecified atom stereocenters. The normalized spacial score (nSPS) is 12.0. The first-order valence-electron chi connectivity index (χ1n) is 12.5. The van der Waals surface area contributed by atoms with Gasteiger partial charge < -0.3 is 23.3 Å². The van der Waals surface area contributed by atoms with Gasteiger partial charge in [-0.25, -0.2) is 9.59 Å². The maximum Gasteiger partial charge on any atom is 0.519 e. The van der Waals surface area contributed by atoms with Gasteiger partial charge in [-0.1, -0.05) is 66.3 Å². The molecule has 1 amide bonds. The van der Waals surface area contributed by atoms with Gasteiger partial charge in [0, 0.05) is 30.1 Å². The number of esters is 1. The molecule has 0 aliphatic carbocycles. The van der Waals surface area contributed by atoms with Gasteiger partial charge in [0.05, 0.1) is 5.49 Å². The molecule has 0 fully saturated rings. The summed E-state index contributed by atoms with van der Waals surface area (Å²) in [5.41, 5.74) is 3.73. The van der Waals surface area contributed by atoms with Gasteiger partial charge in [-0.15, -0.1) is 0 Å². The van der Waals surface area contributed by atoms with E-state index in [9.17, 15) is 14.4 Å². The van der Waals surface area contributed by atoms with E-state index in [-0.39, 0.29) is 30.2 Å². The lowest BCUT2D eigenvalue weighted by atomic mass is 10.0. The molecule has 2 heterocycles. The van der Waals surface area contributed by atoms with Crippen molar-refractivity contribution in [1.82, 2.24) is 10.2 Å². The Morgan fingerprint density at radius 1 is 1.07 bits per heavy atom. The second-order valence-corrected chi connectivity index (χ2v) is 9.66. The summed E-state index contributed by atoms with van der Waals surface area (Å²) in [6.45, 7) is 3.07. The molecule has 0 saturated heterocycles. The highest BCUT2D eigenvalue weighted by Crippen LogP contribution is 2.28. The van der Waals surface area contributed by atoms with Gasteiger partial charge in [0.2, 0.25) is 0 Å². The van der Waals surface area contributed by atoms with Crippen LogP contribution in [-0.4, -0.2) is 35.4 Å². The maximum atomic E-state index is 13.7. The lowest BCUT2D eigenvalue weighted by molar-refractivity contribution is -0.153. The van der Waals surface area contributed by atoms with Gasteiger partial charge in [-0.05, 0) is 43.2 Å². The van der Waals surface area contributed by atoms with Gasteiger partial charge in [-0.3, -0.25) is 9.69 Å². The second kappa shape index (κ2) is 13.3. The van der Waals surface area contributed by atoms with Gasteiger partial charge in [0.25, 0.3) is 5.91 Å². The fraction of sp³-hybridized carbons (Fsp3) is 0.200. The standard InChI is InChI=1S/C30H27ClN2O7S/c1-18-9-10-21(14-23(18)31)26-12-11-22(39-26)15-24(32-3)28(34)33(17-41)25(13-20-7-5-4-6-8-20)29(35)37-16-27-19(2)38-30(36)40-27/h4-12,14-15,17,25,32H,13,16H2,1-3H3/b24-15+. The van der Waals surface area contributed by atoms with Crippen molar-refractivity contribution in [2.24, 2.45) is 0 Å². The van der Waals surface area contributed by atoms with Crippen molar-refractivity contribution in [2.45, 2.75) is 32.9 Å². The summed E-state index contributed by atoms with van der Waals surface area (Å²) in [6, 6.07) is 17.1. The minimum Gasteiger partial charge on any atom is -0.457 e. The zero-order chi connectivity index (χ0) is 29.5. The molecule has 2 aromatic heterocycles. The van der Waals surface area contributed by atoms with Crippen molar-refractivity contribution in [2.75, 3.05) is 7.05 Å². The van der Waals surface area contributed by atoms with E-state index in [1.54, 1.807) is 25.2 Å². The summed E-state index contributed by atoms with van der Waals surface area (Å²) in [5, 5.41) is 3.48. The van der Waals surface area contributed by atoms with E-state index in [4.69, 9.17) is 41.8 Å². The average molecular weight is 595 g/mol. The molecule has 0 radical (unpaired) electrons. The van der Waals surface area contributed by atoms with Crippen LogP contribution in [0.1, 0.15) is 28.4 Å². The molecule has 0 spiro atoms. The predicted octanol–water partition coefficient (Wildman–Crippen LogP) is 5.46.